The second kappa shape index (κ2) is 12.4. The van der Waals surface area contributed by atoms with Gasteiger partial charge in [-0.1, -0.05) is 11.6 Å². The van der Waals surface area contributed by atoms with Gasteiger partial charge in [0.25, 0.3) is 11.8 Å². The van der Waals surface area contributed by atoms with Crippen molar-refractivity contribution in [2.45, 2.75) is 30.7 Å². The summed E-state index contributed by atoms with van der Waals surface area (Å²) in [7, 11) is 2.56. The number of hydrogen-bond acceptors (Lipinski definition) is 7. The summed E-state index contributed by atoms with van der Waals surface area (Å²) < 4.78 is 72.7. The Morgan fingerprint density at radius 2 is 1.81 bits per heavy atom. The predicted octanol–water partition coefficient (Wildman–Crippen LogP) is 4.40. The van der Waals surface area contributed by atoms with Crippen LogP contribution in [0.3, 0.4) is 0 Å². The van der Waals surface area contributed by atoms with Crippen molar-refractivity contribution in [2.75, 3.05) is 27.3 Å². The van der Waals surface area contributed by atoms with Gasteiger partial charge in [-0.15, -0.1) is 0 Å². The Morgan fingerprint density at radius 3 is 2.45 bits per heavy atom. The maximum atomic E-state index is 14.3. The summed E-state index contributed by atoms with van der Waals surface area (Å²) in [6, 6.07) is 9.34. The van der Waals surface area contributed by atoms with Gasteiger partial charge in [-0.25, -0.2) is 9.37 Å². The summed E-state index contributed by atoms with van der Waals surface area (Å²) in [5, 5.41) is 15.4. The van der Waals surface area contributed by atoms with E-state index in [9.17, 15) is 32.3 Å². The molecule has 42 heavy (non-hydrogen) atoms. The molecule has 0 saturated carbocycles. The topological polar surface area (TPSA) is 119 Å². The summed E-state index contributed by atoms with van der Waals surface area (Å²) in [6.45, 7) is -0.770. The molecule has 3 aromatic rings. The molecule has 2 aromatic carbocycles. The van der Waals surface area contributed by atoms with Gasteiger partial charge in [-0.2, -0.15) is 13.2 Å². The number of carbonyl (C=O) groups is 2. The fraction of sp³-hybridized carbons (Fsp3) is 0.321. The molecule has 1 saturated heterocycles. The van der Waals surface area contributed by atoms with Gasteiger partial charge in [-0.3, -0.25) is 9.59 Å². The molecule has 4 rings (SSSR count). The Bertz CT molecular complexity index is 1490. The molecule has 2 atom stereocenters. The Balaban J connectivity index is 1.59. The average molecular weight is 612 g/mol. The van der Waals surface area contributed by atoms with Gasteiger partial charge >= 0.3 is 6.18 Å². The standard InChI is InChI=1S/C28H26ClF4N3O6/c1-40-20-9-10-23(36-24(20)15-5-7-18(30)17(29)12-15)27(39,28(31,32)33)14-35-25(37)16-6-8-19(22(13-16)41-2)42-21-4-3-11-34-26(21)38/h5-10,12-13,21,39H,3-4,11,14H2,1-2H3,(H,34,38)(H,35,37). The van der Waals surface area contributed by atoms with E-state index in [1.165, 1.54) is 38.5 Å². The first-order valence-corrected chi connectivity index (χ1v) is 13.0. The number of nitrogens with one attached hydrogen (secondary N) is 2. The highest BCUT2D eigenvalue weighted by atomic mass is 35.5. The van der Waals surface area contributed by atoms with Crippen LogP contribution in [0.15, 0.2) is 48.5 Å². The van der Waals surface area contributed by atoms with E-state index in [-0.39, 0.29) is 45.0 Å². The lowest BCUT2D eigenvalue weighted by Crippen LogP contribution is -2.51. The van der Waals surface area contributed by atoms with Crippen LogP contribution in [-0.4, -0.2) is 61.5 Å². The van der Waals surface area contributed by atoms with Crippen LogP contribution in [-0.2, 0) is 10.4 Å². The van der Waals surface area contributed by atoms with Crippen LogP contribution in [0.1, 0.15) is 28.9 Å². The molecule has 2 amide bonds. The van der Waals surface area contributed by atoms with Crippen LogP contribution < -0.4 is 24.8 Å². The van der Waals surface area contributed by atoms with Crippen LogP contribution in [0.5, 0.6) is 17.2 Å². The zero-order chi connectivity index (χ0) is 30.7. The van der Waals surface area contributed by atoms with E-state index in [1.54, 1.807) is 0 Å². The Hall–Kier alpha value is -4.10. The quantitative estimate of drug-likeness (QED) is 0.307. The van der Waals surface area contributed by atoms with E-state index in [4.69, 9.17) is 25.8 Å². The zero-order valence-corrected chi connectivity index (χ0v) is 23.1. The first-order chi connectivity index (χ1) is 19.9. The molecule has 1 fully saturated rings. The van der Waals surface area contributed by atoms with Crippen molar-refractivity contribution < 1.29 is 46.5 Å². The molecule has 0 radical (unpaired) electrons. The van der Waals surface area contributed by atoms with E-state index in [2.05, 4.69) is 15.6 Å². The number of aromatic nitrogens is 1. The van der Waals surface area contributed by atoms with Gasteiger partial charge in [0.05, 0.1) is 31.5 Å². The molecule has 3 N–H and O–H groups in total. The van der Waals surface area contributed by atoms with Crippen molar-refractivity contribution in [3.8, 4) is 28.5 Å². The predicted molar refractivity (Wildman–Crippen MR) is 143 cm³/mol. The third-order valence-electron chi connectivity index (χ3n) is 6.60. The third kappa shape index (κ3) is 6.36. The van der Waals surface area contributed by atoms with E-state index >= 15 is 0 Å². The van der Waals surface area contributed by atoms with E-state index in [0.29, 0.717) is 19.4 Å². The summed E-state index contributed by atoms with van der Waals surface area (Å²) in [6.07, 6.45) is -4.86. The van der Waals surface area contributed by atoms with Gasteiger partial charge in [0.2, 0.25) is 5.60 Å². The fourth-order valence-electron chi connectivity index (χ4n) is 4.25. The molecule has 224 valence electrons. The summed E-state index contributed by atoms with van der Waals surface area (Å²) in [5.41, 5.74) is -4.58. The molecule has 1 aromatic heterocycles. The normalized spacial score (nSPS) is 16.7. The number of pyridine rings is 1. The van der Waals surface area contributed by atoms with Crippen molar-refractivity contribution in [1.82, 2.24) is 15.6 Å². The molecule has 0 aliphatic carbocycles. The zero-order valence-electron chi connectivity index (χ0n) is 22.4. The number of piperidine rings is 1. The highest BCUT2D eigenvalue weighted by Crippen LogP contribution is 2.40. The highest BCUT2D eigenvalue weighted by Gasteiger charge is 2.56. The molecule has 1 aliphatic rings. The van der Waals surface area contributed by atoms with Gasteiger partial charge in [0.15, 0.2) is 17.6 Å². The number of hydrogen-bond donors (Lipinski definition) is 3. The van der Waals surface area contributed by atoms with Crippen molar-refractivity contribution in [3.63, 3.8) is 0 Å². The molecule has 2 unspecified atom stereocenters. The minimum Gasteiger partial charge on any atom is -0.494 e. The number of aliphatic hydroxyl groups is 1. The number of methoxy groups -OCH3 is 2. The number of benzene rings is 2. The minimum absolute atomic E-state index is 0.0371. The average Bonchev–Trinajstić information content (AvgIpc) is 2.97. The molecule has 1 aliphatic heterocycles. The number of ether oxygens (including phenoxy) is 3. The summed E-state index contributed by atoms with van der Waals surface area (Å²) in [4.78, 5) is 28.9. The first-order valence-electron chi connectivity index (χ1n) is 12.6. The number of carbonyl (C=O) groups excluding carboxylic acids is 2. The van der Waals surface area contributed by atoms with Crippen LogP contribution in [0.25, 0.3) is 11.3 Å². The van der Waals surface area contributed by atoms with Crippen LogP contribution in [0, 0.1) is 5.82 Å². The number of nitrogens with zero attached hydrogens (tertiary/aromatic N) is 1. The van der Waals surface area contributed by atoms with E-state index in [0.717, 1.165) is 24.3 Å². The molecule has 9 nitrogen and oxygen atoms in total. The molecule has 0 bridgehead atoms. The van der Waals surface area contributed by atoms with Gasteiger partial charge in [-0.05, 0) is 61.4 Å². The van der Waals surface area contributed by atoms with Gasteiger partial charge in [0, 0.05) is 17.7 Å². The molecular weight excluding hydrogens is 586 g/mol. The smallest absolute Gasteiger partial charge is 0.424 e. The monoisotopic (exact) mass is 611 g/mol. The fourth-order valence-corrected chi connectivity index (χ4v) is 4.43. The Kier molecular flexibility index (Phi) is 9.12. The summed E-state index contributed by atoms with van der Waals surface area (Å²) >= 11 is 5.84. The maximum absolute atomic E-state index is 14.3. The minimum atomic E-state index is -5.28. The van der Waals surface area contributed by atoms with E-state index in [1.807, 2.05) is 0 Å². The number of rotatable bonds is 9. The van der Waals surface area contributed by atoms with Gasteiger partial charge in [0.1, 0.15) is 17.3 Å². The molecule has 2 heterocycles. The lowest BCUT2D eigenvalue weighted by Gasteiger charge is -2.30. The first kappa shape index (κ1) is 30.8. The number of alkyl halides is 3. The second-order valence-electron chi connectivity index (χ2n) is 9.32. The second-order valence-corrected chi connectivity index (χ2v) is 9.73. The van der Waals surface area contributed by atoms with Crippen LogP contribution in [0.2, 0.25) is 5.02 Å². The van der Waals surface area contributed by atoms with Crippen LogP contribution in [0.4, 0.5) is 17.6 Å². The summed E-state index contributed by atoms with van der Waals surface area (Å²) in [5.74, 6) is -1.73. The lowest BCUT2D eigenvalue weighted by molar-refractivity contribution is -0.265. The molecule has 0 spiro atoms. The number of halogens is 5. The maximum Gasteiger partial charge on any atom is 0.424 e. The van der Waals surface area contributed by atoms with Crippen molar-refractivity contribution in [3.05, 3.63) is 70.6 Å². The Morgan fingerprint density at radius 1 is 1.10 bits per heavy atom. The van der Waals surface area contributed by atoms with Crippen molar-refractivity contribution >= 4 is 23.4 Å². The third-order valence-corrected chi connectivity index (χ3v) is 6.89. The molecule has 14 heteroatoms. The van der Waals surface area contributed by atoms with Crippen molar-refractivity contribution in [1.29, 1.82) is 0 Å². The SMILES string of the molecule is COc1cc(C(=O)NCC(O)(c2ccc(OC)c(-c3ccc(F)c(Cl)c3)n2)C(F)(F)F)ccc1OC1CCCNC1=O. The highest BCUT2D eigenvalue weighted by molar-refractivity contribution is 6.31. The number of amides is 2. The van der Waals surface area contributed by atoms with E-state index < -0.39 is 41.8 Å². The lowest BCUT2D eigenvalue weighted by atomic mass is 9.96. The van der Waals surface area contributed by atoms with Crippen LogP contribution >= 0.6 is 11.6 Å². The van der Waals surface area contributed by atoms with Gasteiger partial charge < -0.3 is 30.0 Å². The largest absolute Gasteiger partial charge is 0.494 e. The van der Waals surface area contributed by atoms with Crippen molar-refractivity contribution in [2.24, 2.45) is 0 Å². The Labute approximate surface area is 242 Å². The molecular formula is C28H26ClF4N3O6.